The van der Waals surface area contributed by atoms with E-state index in [1.807, 2.05) is 0 Å². The topological polar surface area (TPSA) is 66.4 Å². The minimum absolute atomic E-state index is 0.185. The van der Waals surface area contributed by atoms with Gasteiger partial charge in [0, 0.05) is 16.3 Å². The summed E-state index contributed by atoms with van der Waals surface area (Å²) in [6.07, 6.45) is 0. The monoisotopic (exact) mass is 303 g/mol. The highest BCUT2D eigenvalue weighted by Crippen LogP contribution is 2.22. The van der Waals surface area contributed by atoms with Gasteiger partial charge in [-0.1, -0.05) is 17.7 Å². The lowest BCUT2D eigenvalue weighted by atomic mass is 10.1. The molecule has 0 saturated heterocycles. The number of benzene rings is 2. The molecule has 0 atom stereocenters. The van der Waals surface area contributed by atoms with E-state index >= 15 is 0 Å². The van der Waals surface area contributed by atoms with Crippen LogP contribution in [0.5, 0.6) is 0 Å². The van der Waals surface area contributed by atoms with Gasteiger partial charge in [0.15, 0.2) is 0 Å². The molecule has 0 unspecified atom stereocenters. The van der Waals surface area contributed by atoms with Gasteiger partial charge in [-0.2, -0.15) is 0 Å². The fraction of sp³-hybridized carbons (Fsp3) is 0.125. The van der Waals surface area contributed by atoms with Crippen LogP contribution in [-0.2, 0) is 0 Å². The molecule has 0 aliphatic heterocycles. The van der Waals surface area contributed by atoms with Crippen LogP contribution in [0, 0.1) is 13.8 Å². The van der Waals surface area contributed by atoms with Crippen LogP contribution in [0.4, 0.5) is 5.69 Å². The average molecular weight is 304 g/mol. The zero-order valence-corrected chi connectivity index (χ0v) is 12.4. The number of aryl methyl sites for hydroxylation is 1. The lowest BCUT2D eigenvalue weighted by Crippen LogP contribution is -2.14. The minimum atomic E-state index is -0.998. The molecule has 0 fully saturated rings. The van der Waals surface area contributed by atoms with Crippen LogP contribution >= 0.6 is 11.6 Å². The Morgan fingerprint density at radius 3 is 2.48 bits per heavy atom. The summed E-state index contributed by atoms with van der Waals surface area (Å²) in [5.41, 5.74) is 2.64. The van der Waals surface area contributed by atoms with Crippen molar-refractivity contribution < 1.29 is 14.7 Å². The number of carboxylic acids is 1. The van der Waals surface area contributed by atoms with Crippen molar-refractivity contribution in [3.8, 4) is 0 Å². The summed E-state index contributed by atoms with van der Waals surface area (Å²) in [6.45, 7) is 3.52. The summed E-state index contributed by atoms with van der Waals surface area (Å²) in [7, 11) is 0. The first kappa shape index (κ1) is 15.1. The molecule has 2 rings (SSSR count). The van der Waals surface area contributed by atoms with Crippen LogP contribution in [0.3, 0.4) is 0 Å². The fourth-order valence-corrected chi connectivity index (χ4v) is 2.15. The zero-order chi connectivity index (χ0) is 15.6. The molecule has 0 radical (unpaired) electrons. The van der Waals surface area contributed by atoms with E-state index in [2.05, 4.69) is 5.32 Å². The molecular formula is C16H14ClNO3. The number of carbonyl (C=O) groups excluding carboxylic acids is 1. The van der Waals surface area contributed by atoms with E-state index in [-0.39, 0.29) is 11.5 Å². The van der Waals surface area contributed by atoms with Crippen LogP contribution in [0.2, 0.25) is 5.02 Å². The number of aromatic carboxylic acids is 1. The van der Waals surface area contributed by atoms with Gasteiger partial charge < -0.3 is 10.4 Å². The second-order valence-corrected chi connectivity index (χ2v) is 5.11. The standard InChI is InChI=1S/C16H14ClNO3/c1-9-8-11(16(20)21)6-7-14(9)18-15(19)12-4-3-5-13(17)10(12)2/h3-8H,1-2H3,(H,18,19)(H,20,21). The van der Waals surface area contributed by atoms with E-state index in [1.165, 1.54) is 12.1 Å². The first-order valence-electron chi connectivity index (χ1n) is 6.30. The molecule has 2 aromatic rings. The number of halogens is 1. The van der Waals surface area contributed by atoms with E-state index in [0.717, 1.165) is 0 Å². The minimum Gasteiger partial charge on any atom is -0.478 e. The zero-order valence-electron chi connectivity index (χ0n) is 11.6. The summed E-state index contributed by atoms with van der Waals surface area (Å²) >= 11 is 6.00. The normalized spacial score (nSPS) is 10.2. The summed E-state index contributed by atoms with van der Waals surface area (Å²) in [5, 5.41) is 12.2. The predicted molar refractivity (Wildman–Crippen MR) is 82.3 cm³/mol. The second kappa shape index (κ2) is 5.97. The van der Waals surface area contributed by atoms with Crippen molar-refractivity contribution in [2.24, 2.45) is 0 Å². The molecule has 21 heavy (non-hydrogen) atoms. The molecule has 0 spiro atoms. The van der Waals surface area contributed by atoms with Crippen molar-refractivity contribution in [1.82, 2.24) is 0 Å². The summed E-state index contributed by atoms with van der Waals surface area (Å²) in [5.74, 6) is -1.28. The van der Waals surface area contributed by atoms with Crippen molar-refractivity contribution >= 4 is 29.2 Å². The molecule has 0 aromatic heterocycles. The number of carbonyl (C=O) groups is 2. The summed E-state index contributed by atoms with van der Waals surface area (Å²) < 4.78 is 0. The van der Waals surface area contributed by atoms with Crippen molar-refractivity contribution in [3.05, 3.63) is 63.7 Å². The maximum absolute atomic E-state index is 12.3. The van der Waals surface area contributed by atoms with Crippen LogP contribution in [0.25, 0.3) is 0 Å². The highest BCUT2D eigenvalue weighted by atomic mass is 35.5. The molecule has 2 N–H and O–H groups in total. The number of rotatable bonds is 3. The van der Waals surface area contributed by atoms with Crippen LogP contribution in [0.15, 0.2) is 36.4 Å². The lowest BCUT2D eigenvalue weighted by Gasteiger charge is -2.11. The largest absolute Gasteiger partial charge is 0.478 e. The molecule has 0 bridgehead atoms. The highest BCUT2D eigenvalue weighted by molar-refractivity contribution is 6.32. The SMILES string of the molecule is Cc1cc(C(=O)O)ccc1NC(=O)c1cccc(Cl)c1C. The van der Waals surface area contributed by atoms with E-state index in [0.29, 0.717) is 27.4 Å². The molecule has 2 aromatic carbocycles. The average Bonchev–Trinajstić information content (AvgIpc) is 2.43. The molecular weight excluding hydrogens is 290 g/mol. The molecule has 108 valence electrons. The molecule has 5 heteroatoms. The molecule has 0 aliphatic carbocycles. The van der Waals surface area contributed by atoms with Crippen molar-refractivity contribution in [3.63, 3.8) is 0 Å². The Hall–Kier alpha value is -2.33. The molecule has 0 saturated carbocycles. The van der Waals surface area contributed by atoms with Gasteiger partial charge in [-0.3, -0.25) is 4.79 Å². The Morgan fingerprint density at radius 1 is 1.14 bits per heavy atom. The second-order valence-electron chi connectivity index (χ2n) is 4.70. The van der Waals surface area contributed by atoms with E-state index < -0.39 is 5.97 Å². The van der Waals surface area contributed by atoms with Gasteiger partial charge in [-0.25, -0.2) is 4.79 Å². The Morgan fingerprint density at radius 2 is 1.86 bits per heavy atom. The Labute approximate surface area is 127 Å². The quantitative estimate of drug-likeness (QED) is 0.903. The summed E-state index contributed by atoms with van der Waals surface area (Å²) in [4.78, 5) is 23.2. The predicted octanol–water partition coefficient (Wildman–Crippen LogP) is 3.91. The van der Waals surface area contributed by atoms with Gasteiger partial charge in [0.25, 0.3) is 5.91 Å². The van der Waals surface area contributed by atoms with Gasteiger partial charge in [0.1, 0.15) is 0 Å². The maximum Gasteiger partial charge on any atom is 0.335 e. The number of anilines is 1. The van der Waals surface area contributed by atoms with Gasteiger partial charge in [0.05, 0.1) is 5.56 Å². The lowest BCUT2D eigenvalue weighted by molar-refractivity contribution is 0.0696. The van der Waals surface area contributed by atoms with Crippen molar-refractivity contribution in [1.29, 1.82) is 0 Å². The Bertz CT molecular complexity index is 725. The summed E-state index contributed by atoms with van der Waals surface area (Å²) in [6, 6.07) is 9.68. The van der Waals surface area contributed by atoms with Crippen LogP contribution in [-0.4, -0.2) is 17.0 Å². The third-order valence-electron chi connectivity index (χ3n) is 3.23. The number of hydrogen-bond donors (Lipinski definition) is 2. The number of carboxylic acid groups (broad SMARTS) is 1. The molecule has 0 aliphatic rings. The maximum atomic E-state index is 12.3. The fourth-order valence-electron chi connectivity index (χ4n) is 1.98. The number of amides is 1. The van der Waals surface area contributed by atoms with Crippen LogP contribution < -0.4 is 5.32 Å². The first-order chi connectivity index (χ1) is 9.90. The van der Waals surface area contributed by atoms with Crippen molar-refractivity contribution in [2.45, 2.75) is 13.8 Å². The van der Waals surface area contributed by atoms with E-state index in [4.69, 9.17) is 16.7 Å². The molecule has 4 nitrogen and oxygen atoms in total. The number of nitrogens with one attached hydrogen (secondary N) is 1. The van der Waals surface area contributed by atoms with E-state index in [1.54, 1.807) is 38.1 Å². The van der Waals surface area contributed by atoms with Gasteiger partial charge in [-0.05, 0) is 55.3 Å². The third-order valence-corrected chi connectivity index (χ3v) is 3.64. The van der Waals surface area contributed by atoms with Crippen LogP contribution in [0.1, 0.15) is 31.8 Å². The van der Waals surface area contributed by atoms with Gasteiger partial charge in [0.2, 0.25) is 0 Å². The molecule has 1 amide bonds. The Balaban J connectivity index is 2.28. The van der Waals surface area contributed by atoms with Gasteiger partial charge >= 0.3 is 5.97 Å². The molecule has 0 heterocycles. The van der Waals surface area contributed by atoms with E-state index in [9.17, 15) is 9.59 Å². The Kier molecular flexibility index (Phi) is 4.29. The highest BCUT2D eigenvalue weighted by Gasteiger charge is 2.13. The smallest absolute Gasteiger partial charge is 0.335 e. The van der Waals surface area contributed by atoms with Crippen molar-refractivity contribution in [2.75, 3.05) is 5.32 Å². The van der Waals surface area contributed by atoms with Gasteiger partial charge in [-0.15, -0.1) is 0 Å². The number of hydrogen-bond acceptors (Lipinski definition) is 2. The third kappa shape index (κ3) is 3.23. The first-order valence-corrected chi connectivity index (χ1v) is 6.68.